The van der Waals surface area contributed by atoms with Crippen molar-refractivity contribution in [3.63, 3.8) is 0 Å². The Hall–Kier alpha value is -2.15. The number of aliphatic carboxylic acids is 1. The molecule has 2 atom stereocenters. The van der Waals surface area contributed by atoms with Crippen LogP contribution in [0.4, 0.5) is 0 Å². The second-order valence-electron chi connectivity index (χ2n) is 13.0. The molecule has 0 saturated carbocycles. The zero-order valence-electron chi connectivity index (χ0n) is 29.9. The van der Waals surface area contributed by atoms with E-state index in [1.165, 1.54) is 83.5 Å². The van der Waals surface area contributed by atoms with Gasteiger partial charge in [-0.1, -0.05) is 122 Å². The van der Waals surface area contributed by atoms with Crippen molar-refractivity contribution in [3.05, 3.63) is 24.3 Å². The number of rotatable bonds is 34. The van der Waals surface area contributed by atoms with Crippen LogP contribution in [0, 0.1) is 0 Å². The van der Waals surface area contributed by atoms with E-state index < -0.39 is 12.0 Å². The minimum absolute atomic E-state index is 0.0998. The van der Waals surface area contributed by atoms with E-state index in [2.05, 4.69) is 43.5 Å². The molecule has 0 spiro atoms. The van der Waals surface area contributed by atoms with E-state index in [9.17, 15) is 19.5 Å². The van der Waals surface area contributed by atoms with Crippen molar-refractivity contribution in [1.82, 2.24) is 5.32 Å². The number of hydrogen-bond donors (Lipinski definition) is 3. The van der Waals surface area contributed by atoms with Gasteiger partial charge in [0.15, 0.2) is 0 Å². The molecule has 0 aliphatic rings. The van der Waals surface area contributed by atoms with Gasteiger partial charge in [-0.2, -0.15) is 0 Å². The second-order valence-corrected chi connectivity index (χ2v) is 13.0. The van der Waals surface area contributed by atoms with Gasteiger partial charge in [-0.25, -0.2) is 4.79 Å². The Morgan fingerprint density at radius 1 is 0.630 bits per heavy atom. The molecule has 0 bridgehead atoms. The zero-order valence-corrected chi connectivity index (χ0v) is 29.9. The summed E-state index contributed by atoms with van der Waals surface area (Å²) in [6.45, 7) is 4.84. The maximum Gasteiger partial charge on any atom is 0.326 e. The summed E-state index contributed by atoms with van der Waals surface area (Å²) in [7, 11) is 0. The highest BCUT2D eigenvalue weighted by molar-refractivity contribution is 5.83. The van der Waals surface area contributed by atoms with Gasteiger partial charge in [0.2, 0.25) is 5.91 Å². The molecule has 7 nitrogen and oxygen atoms in total. The van der Waals surface area contributed by atoms with Gasteiger partial charge >= 0.3 is 11.9 Å². The predicted molar refractivity (Wildman–Crippen MR) is 193 cm³/mol. The Labute approximate surface area is 283 Å². The first-order valence-corrected chi connectivity index (χ1v) is 19.2. The lowest BCUT2D eigenvalue weighted by atomic mass is 10.1. The maximum absolute atomic E-state index is 12.6. The summed E-state index contributed by atoms with van der Waals surface area (Å²) >= 11 is 0. The van der Waals surface area contributed by atoms with E-state index in [1.54, 1.807) is 0 Å². The molecule has 0 aliphatic heterocycles. The number of hydrogen-bond acceptors (Lipinski definition) is 5. The van der Waals surface area contributed by atoms with E-state index in [0.29, 0.717) is 38.6 Å². The van der Waals surface area contributed by atoms with Crippen molar-refractivity contribution >= 4 is 17.8 Å². The Bertz CT molecular complexity index is 782. The van der Waals surface area contributed by atoms with Crippen LogP contribution in [0.3, 0.4) is 0 Å². The summed E-state index contributed by atoms with van der Waals surface area (Å²) in [6, 6.07) is -0.868. The van der Waals surface area contributed by atoms with E-state index >= 15 is 0 Å². The molecular formula is C39H72N2O5. The topological polar surface area (TPSA) is 119 Å². The fourth-order valence-corrected chi connectivity index (χ4v) is 5.52. The van der Waals surface area contributed by atoms with Crippen molar-refractivity contribution in [3.8, 4) is 0 Å². The summed E-state index contributed by atoms with van der Waals surface area (Å²) in [5, 5.41) is 11.9. The van der Waals surface area contributed by atoms with Crippen LogP contribution < -0.4 is 11.1 Å². The minimum atomic E-state index is -1.02. The number of allylic oxidation sites excluding steroid dienone is 3. The highest BCUT2D eigenvalue weighted by Crippen LogP contribution is 2.15. The number of esters is 1. The third-order valence-corrected chi connectivity index (χ3v) is 8.47. The van der Waals surface area contributed by atoms with Gasteiger partial charge in [0.25, 0.3) is 0 Å². The smallest absolute Gasteiger partial charge is 0.326 e. The first-order chi connectivity index (χ1) is 22.4. The second kappa shape index (κ2) is 34.2. The van der Waals surface area contributed by atoms with E-state index in [1.807, 2.05) is 0 Å². The molecule has 0 aliphatic carbocycles. The lowest BCUT2D eigenvalue weighted by Crippen LogP contribution is -2.40. The van der Waals surface area contributed by atoms with Crippen molar-refractivity contribution in [1.29, 1.82) is 0 Å². The molecule has 0 radical (unpaired) electrons. The molecule has 1 amide bonds. The van der Waals surface area contributed by atoms with Crippen molar-refractivity contribution in [2.24, 2.45) is 5.73 Å². The fourth-order valence-electron chi connectivity index (χ4n) is 5.52. The lowest BCUT2D eigenvalue weighted by molar-refractivity contribution is -0.147. The first kappa shape index (κ1) is 43.9. The normalized spacial score (nSPS) is 12.9. The average molecular weight is 649 g/mol. The van der Waals surface area contributed by atoms with Gasteiger partial charge in [-0.15, -0.1) is 0 Å². The fraction of sp³-hybridized carbons (Fsp3) is 0.821. The number of nitrogens with one attached hydrogen (secondary N) is 1. The largest absolute Gasteiger partial charge is 0.480 e. The number of unbranched alkanes of at least 4 members (excludes halogenated alkanes) is 18. The van der Waals surface area contributed by atoms with Crippen LogP contribution in [0.1, 0.15) is 187 Å². The quantitative estimate of drug-likeness (QED) is 0.0363. The van der Waals surface area contributed by atoms with E-state index in [0.717, 1.165) is 57.8 Å². The molecule has 46 heavy (non-hydrogen) atoms. The van der Waals surface area contributed by atoms with Gasteiger partial charge in [0.1, 0.15) is 12.1 Å². The number of carbonyl (C=O) groups is 3. The Balaban J connectivity index is 4.03. The van der Waals surface area contributed by atoms with Crippen LogP contribution in [-0.4, -0.2) is 41.6 Å². The summed E-state index contributed by atoms with van der Waals surface area (Å²) in [5.41, 5.74) is 5.46. The first-order valence-electron chi connectivity index (χ1n) is 19.2. The molecule has 0 rings (SSSR count). The number of carbonyl (C=O) groups excluding carboxylic acids is 2. The number of carboxylic acid groups (broad SMARTS) is 1. The third-order valence-electron chi connectivity index (χ3n) is 8.47. The standard InChI is InChI=1S/C39H72N2O5/c1-3-5-7-9-10-11-12-13-14-15-16-17-18-19-20-21-27-33-38(43)46-35(29-24-8-6-4-2)30-25-22-23-26-32-37(42)41-36(39(44)45)31-28-34-40/h13-14,24,29,35-36H,3-12,15-23,25-28,30-34,40H2,1-2H3,(H,41,42)(H,44,45)/b14-13-,29-24-. The molecule has 0 aromatic heterocycles. The van der Waals surface area contributed by atoms with Crippen LogP contribution in [-0.2, 0) is 19.1 Å². The van der Waals surface area contributed by atoms with E-state index in [4.69, 9.17) is 10.5 Å². The minimum Gasteiger partial charge on any atom is -0.480 e. The lowest BCUT2D eigenvalue weighted by Gasteiger charge is -2.15. The zero-order chi connectivity index (χ0) is 33.9. The average Bonchev–Trinajstić information content (AvgIpc) is 3.04. The van der Waals surface area contributed by atoms with Crippen LogP contribution >= 0.6 is 0 Å². The van der Waals surface area contributed by atoms with Crippen molar-refractivity contribution < 1.29 is 24.2 Å². The van der Waals surface area contributed by atoms with Crippen LogP contribution in [0.2, 0.25) is 0 Å². The van der Waals surface area contributed by atoms with Gasteiger partial charge in [-0.3, -0.25) is 9.59 Å². The van der Waals surface area contributed by atoms with Crippen LogP contribution in [0.15, 0.2) is 24.3 Å². The molecular weight excluding hydrogens is 576 g/mol. The van der Waals surface area contributed by atoms with E-state index in [-0.39, 0.29) is 18.0 Å². The molecule has 0 aromatic rings. The molecule has 4 N–H and O–H groups in total. The highest BCUT2D eigenvalue weighted by Gasteiger charge is 2.19. The SMILES string of the molecule is CCCC/C=C\C(CCCCCCC(=O)NC(CCCN)C(=O)O)OC(=O)CCCCCCCCC/C=C\CCCCCCCC. The molecule has 0 heterocycles. The van der Waals surface area contributed by atoms with Gasteiger partial charge < -0.3 is 20.9 Å². The molecule has 2 unspecified atom stereocenters. The molecule has 0 fully saturated rings. The summed E-state index contributed by atoms with van der Waals surface area (Å²) < 4.78 is 5.84. The number of ether oxygens (including phenoxy) is 1. The number of carboxylic acids is 1. The Kier molecular flexibility index (Phi) is 32.6. The Morgan fingerprint density at radius 2 is 1.15 bits per heavy atom. The predicted octanol–water partition coefficient (Wildman–Crippen LogP) is 10.1. The van der Waals surface area contributed by atoms with Gasteiger partial charge in [0, 0.05) is 12.8 Å². The Morgan fingerprint density at radius 3 is 1.74 bits per heavy atom. The van der Waals surface area contributed by atoms with Crippen LogP contribution in [0.25, 0.3) is 0 Å². The summed E-state index contributed by atoms with van der Waals surface area (Å²) in [6.07, 6.45) is 36.9. The maximum atomic E-state index is 12.6. The third kappa shape index (κ3) is 30.5. The van der Waals surface area contributed by atoms with Gasteiger partial charge in [0.05, 0.1) is 0 Å². The molecule has 268 valence electrons. The van der Waals surface area contributed by atoms with Crippen molar-refractivity contribution in [2.75, 3.05) is 6.54 Å². The summed E-state index contributed by atoms with van der Waals surface area (Å²) in [4.78, 5) is 36.0. The number of amides is 1. The molecule has 7 heteroatoms. The monoisotopic (exact) mass is 649 g/mol. The summed E-state index contributed by atoms with van der Waals surface area (Å²) in [5.74, 6) is -1.34. The highest BCUT2D eigenvalue weighted by atomic mass is 16.5. The van der Waals surface area contributed by atoms with Gasteiger partial charge in [-0.05, 0) is 83.2 Å². The molecule has 0 aromatic carbocycles. The molecule has 0 saturated heterocycles. The van der Waals surface area contributed by atoms with Crippen molar-refractivity contribution in [2.45, 2.75) is 199 Å². The van der Waals surface area contributed by atoms with Crippen LogP contribution in [0.5, 0.6) is 0 Å². The number of nitrogens with two attached hydrogens (primary N) is 1.